The number of thiophene rings is 1. The lowest BCUT2D eigenvalue weighted by atomic mass is 10.2. The van der Waals surface area contributed by atoms with Gasteiger partial charge in [0.15, 0.2) is 0 Å². The van der Waals surface area contributed by atoms with Gasteiger partial charge in [-0.3, -0.25) is 0 Å². The summed E-state index contributed by atoms with van der Waals surface area (Å²) in [5, 5.41) is 3.50. The summed E-state index contributed by atoms with van der Waals surface area (Å²) >= 11 is 1.85. The van der Waals surface area contributed by atoms with Crippen LogP contribution in [-0.2, 0) is 13.0 Å². The smallest absolute Gasteiger partial charge is 0.105 e. The van der Waals surface area contributed by atoms with Crippen molar-refractivity contribution < 1.29 is 4.42 Å². The molecule has 2 nitrogen and oxygen atoms in total. The second-order valence-corrected chi connectivity index (χ2v) is 5.45. The van der Waals surface area contributed by atoms with Crippen molar-refractivity contribution in [3.05, 3.63) is 46.0 Å². The van der Waals surface area contributed by atoms with Gasteiger partial charge >= 0.3 is 0 Å². The molecule has 0 fully saturated rings. The third-order valence-corrected chi connectivity index (χ3v) is 3.51. The zero-order chi connectivity index (χ0) is 11.4. The van der Waals surface area contributed by atoms with Crippen molar-refractivity contribution in [3.8, 4) is 0 Å². The summed E-state index contributed by atoms with van der Waals surface area (Å²) in [4.78, 5) is 2.76. The van der Waals surface area contributed by atoms with E-state index in [1.54, 1.807) is 6.26 Å². The summed E-state index contributed by atoms with van der Waals surface area (Å²) in [6.07, 6.45) is 2.67. The van der Waals surface area contributed by atoms with E-state index >= 15 is 0 Å². The van der Waals surface area contributed by atoms with Crippen molar-refractivity contribution in [3.63, 3.8) is 0 Å². The molecule has 1 N–H and O–H groups in total. The van der Waals surface area contributed by atoms with Crippen LogP contribution in [-0.4, -0.2) is 6.04 Å². The minimum absolute atomic E-state index is 0.438. The number of hydrogen-bond acceptors (Lipinski definition) is 3. The van der Waals surface area contributed by atoms with Gasteiger partial charge in [-0.05, 0) is 38.1 Å². The van der Waals surface area contributed by atoms with Crippen LogP contribution in [0.15, 0.2) is 34.9 Å². The van der Waals surface area contributed by atoms with Crippen LogP contribution in [0.2, 0.25) is 0 Å². The minimum atomic E-state index is 0.438. The molecule has 0 spiro atoms. The summed E-state index contributed by atoms with van der Waals surface area (Å²) in [5.74, 6) is 1.04. The van der Waals surface area contributed by atoms with Crippen LogP contribution in [0.5, 0.6) is 0 Å². The topological polar surface area (TPSA) is 25.2 Å². The van der Waals surface area contributed by atoms with Gasteiger partial charge in [-0.2, -0.15) is 0 Å². The van der Waals surface area contributed by atoms with Gasteiger partial charge in [-0.25, -0.2) is 0 Å². The molecule has 0 aliphatic heterocycles. The van der Waals surface area contributed by atoms with Crippen molar-refractivity contribution >= 4 is 11.3 Å². The quantitative estimate of drug-likeness (QED) is 0.859. The zero-order valence-corrected chi connectivity index (χ0v) is 10.5. The summed E-state index contributed by atoms with van der Waals surface area (Å²) in [7, 11) is 0. The van der Waals surface area contributed by atoms with Gasteiger partial charge in [0.2, 0.25) is 0 Å². The first-order chi connectivity index (χ1) is 7.74. The molecule has 1 unspecified atom stereocenters. The van der Waals surface area contributed by atoms with Crippen LogP contribution >= 0.6 is 11.3 Å². The standard InChI is InChI=1S/C13H17NOS/c1-10(8-12-4-3-7-15-12)14-9-13-6-5-11(2)16-13/h3-7,10,14H,8-9H2,1-2H3. The maximum atomic E-state index is 5.32. The second kappa shape index (κ2) is 5.32. The van der Waals surface area contributed by atoms with E-state index in [1.165, 1.54) is 9.75 Å². The average Bonchev–Trinajstić information content (AvgIpc) is 2.87. The van der Waals surface area contributed by atoms with E-state index < -0.39 is 0 Å². The fraction of sp³-hybridized carbons (Fsp3) is 0.385. The van der Waals surface area contributed by atoms with Crippen LogP contribution in [0.4, 0.5) is 0 Å². The average molecular weight is 235 g/mol. The zero-order valence-electron chi connectivity index (χ0n) is 9.69. The van der Waals surface area contributed by atoms with E-state index in [2.05, 4.69) is 31.3 Å². The van der Waals surface area contributed by atoms with Gasteiger partial charge in [-0.1, -0.05) is 0 Å². The van der Waals surface area contributed by atoms with E-state index in [9.17, 15) is 0 Å². The van der Waals surface area contributed by atoms with E-state index in [0.717, 1.165) is 18.7 Å². The van der Waals surface area contributed by atoms with E-state index in [-0.39, 0.29) is 0 Å². The summed E-state index contributed by atoms with van der Waals surface area (Å²) in [5.41, 5.74) is 0. The number of hydrogen-bond donors (Lipinski definition) is 1. The Morgan fingerprint density at radius 2 is 2.25 bits per heavy atom. The minimum Gasteiger partial charge on any atom is -0.469 e. The molecule has 0 radical (unpaired) electrons. The van der Waals surface area contributed by atoms with Gasteiger partial charge < -0.3 is 9.73 Å². The molecule has 0 bridgehead atoms. The molecular formula is C13H17NOS. The molecule has 0 aromatic carbocycles. The Hall–Kier alpha value is -1.06. The highest BCUT2D eigenvalue weighted by Gasteiger charge is 2.05. The van der Waals surface area contributed by atoms with E-state index in [1.807, 2.05) is 23.5 Å². The van der Waals surface area contributed by atoms with Crippen LogP contribution in [0, 0.1) is 6.92 Å². The van der Waals surface area contributed by atoms with Crippen molar-refractivity contribution in [1.29, 1.82) is 0 Å². The fourth-order valence-corrected chi connectivity index (χ4v) is 2.50. The molecular weight excluding hydrogens is 218 g/mol. The Bertz CT molecular complexity index is 419. The van der Waals surface area contributed by atoms with Crippen LogP contribution < -0.4 is 5.32 Å². The lowest BCUT2D eigenvalue weighted by Gasteiger charge is -2.11. The van der Waals surface area contributed by atoms with Gasteiger partial charge in [0.1, 0.15) is 5.76 Å². The molecule has 0 saturated carbocycles. The van der Waals surface area contributed by atoms with Gasteiger partial charge in [0.05, 0.1) is 6.26 Å². The van der Waals surface area contributed by atoms with Crippen LogP contribution in [0.25, 0.3) is 0 Å². The Balaban J connectivity index is 1.77. The van der Waals surface area contributed by atoms with Crippen molar-refractivity contribution in [1.82, 2.24) is 5.32 Å². The largest absolute Gasteiger partial charge is 0.469 e. The number of aryl methyl sites for hydroxylation is 1. The molecule has 0 aliphatic rings. The van der Waals surface area contributed by atoms with Crippen LogP contribution in [0.3, 0.4) is 0 Å². The fourth-order valence-electron chi connectivity index (χ4n) is 1.66. The third-order valence-electron chi connectivity index (χ3n) is 2.51. The number of rotatable bonds is 5. The monoisotopic (exact) mass is 235 g/mol. The molecule has 0 amide bonds. The normalized spacial score (nSPS) is 12.9. The molecule has 86 valence electrons. The first kappa shape index (κ1) is 11.4. The summed E-state index contributed by atoms with van der Waals surface area (Å²) < 4.78 is 5.32. The predicted molar refractivity (Wildman–Crippen MR) is 67.8 cm³/mol. The third kappa shape index (κ3) is 3.22. The highest BCUT2D eigenvalue weighted by Crippen LogP contribution is 2.15. The molecule has 0 saturated heterocycles. The maximum Gasteiger partial charge on any atom is 0.105 e. The van der Waals surface area contributed by atoms with E-state index in [0.29, 0.717) is 6.04 Å². The number of nitrogens with one attached hydrogen (secondary N) is 1. The summed E-state index contributed by atoms with van der Waals surface area (Å²) in [6.45, 7) is 5.27. The molecule has 3 heteroatoms. The molecule has 2 aromatic heterocycles. The first-order valence-corrected chi connectivity index (χ1v) is 6.37. The van der Waals surface area contributed by atoms with Crippen molar-refractivity contribution in [2.24, 2.45) is 0 Å². The highest BCUT2D eigenvalue weighted by molar-refractivity contribution is 7.11. The summed E-state index contributed by atoms with van der Waals surface area (Å²) in [6, 6.07) is 8.75. The second-order valence-electron chi connectivity index (χ2n) is 4.08. The first-order valence-electron chi connectivity index (χ1n) is 5.55. The Kier molecular flexibility index (Phi) is 3.80. The van der Waals surface area contributed by atoms with Crippen molar-refractivity contribution in [2.45, 2.75) is 32.9 Å². The Labute approximate surface area is 100 Å². The lowest BCUT2D eigenvalue weighted by Crippen LogP contribution is -2.26. The van der Waals surface area contributed by atoms with Gasteiger partial charge in [-0.15, -0.1) is 11.3 Å². The molecule has 0 aliphatic carbocycles. The van der Waals surface area contributed by atoms with E-state index in [4.69, 9.17) is 4.42 Å². The Morgan fingerprint density at radius 3 is 2.88 bits per heavy atom. The maximum absolute atomic E-state index is 5.32. The Morgan fingerprint density at radius 1 is 1.38 bits per heavy atom. The van der Waals surface area contributed by atoms with Gasteiger partial charge in [0.25, 0.3) is 0 Å². The molecule has 2 aromatic rings. The van der Waals surface area contributed by atoms with Crippen molar-refractivity contribution in [2.75, 3.05) is 0 Å². The molecule has 1 atom stereocenters. The number of furan rings is 1. The van der Waals surface area contributed by atoms with Gasteiger partial charge in [0, 0.05) is 28.8 Å². The highest BCUT2D eigenvalue weighted by atomic mass is 32.1. The SMILES string of the molecule is Cc1ccc(CNC(C)Cc2ccco2)s1. The lowest BCUT2D eigenvalue weighted by molar-refractivity contribution is 0.457. The van der Waals surface area contributed by atoms with Crippen LogP contribution in [0.1, 0.15) is 22.4 Å². The molecule has 2 heterocycles. The molecule has 2 rings (SSSR count). The molecule has 16 heavy (non-hydrogen) atoms. The predicted octanol–water partition coefficient (Wildman–Crippen LogP) is 3.37.